The fourth-order valence-electron chi connectivity index (χ4n) is 3.89. The van der Waals surface area contributed by atoms with Crippen molar-refractivity contribution < 1.29 is 13.9 Å². The van der Waals surface area contributed by atoms with E-state index in [9.17, 15) is 9.18 Å². The first-order valence-electron chi connectivity index (χ1n) is 12.0. The van der Waals surface area contributed by atoms with Crippen LogP contribution in [0.4, 0.5) is 10.1 Å². The average molecular weight is 509 g/mol. The Morgan fingerprint density at radius 1 is 0.838 bits per heavy atom. The molecule has 4 aromatic rings. The van der Waals surface area contributed by atoms with E-state index in [1.165, 1.54) is 29.5 Å². The third-order valence-corrected chi connectivity index (χ3v) is 6.81. The minimum absolute atomic E-state index is 0.0537. The highest BCUT2D eigenvalue weighted by Gasteiger charge is 2.33. The molecule has 5 rings (SSSR count). The van der Waals surface area contributed by atoms with Crippen LogP contribution in [0.25, 0.3) is 6.08 Å². The molecule has 0 aliphatic carbocycles. The van der Waals surface area contributed by atoms with Crippen molar-refractivity contribution in [2.45, 2.75) is 13.0 Å². The smallest absolute Gasteiger partial charge is 0.266 e. The summed E-state index contributed by atoms with van der Waals surface area (Å²) in [5.41, 5.74) is 3.63. The predicted molar refractivity (Wildman–Crippen MR) is 148 cm³/mol. The van der Waals surface area contributed by atoms with Crippen molar-refractivity contribution in [3.05, 3.63) is 137 Å². The quantitative estimate of drug-likeness (QED) is 0.235. The average Bonchev–Trinajstić information content (AvgIpc) is 3.21. The molecule has 0 radical (unpaired) electrons. The molecule has 4 aromatic carbocycles. The normalized spacial score (nSPS) is 15.5. The van der Waals surface area contributed by atoms with Gasteiger partial charge in [0.15, 0.2) is 5.17 Å². The van der Waals surface area contributed by atoms with Gasteiger partial charge in [-0.1, -0.05) is 72.8 Å². The van der Waals surface area contributed by atoms with Crippen molar-refractivity contribution in [3.63, 3.8) is 0 Å². The van der Waals surface area contributed by atoms with Crippen molar-refractivity contribution in [1.29, 1.82) is 0 Å². The zero-order chi connectivity index (χ0) is 25.5. The number of halogens is 1. The Kier molecular flexibility index (Phi) is 7.77. The number of amides is 1. The Bertz CT molecular complexity index is 1420. The van der Waals surface area contributed by atoms with Gasteiger partial charge < -0.3 is 4.74 Å². The number of rotatable bonds is 8. The molecule has 0 spiro atoms. The SMILES string of the molecule is O=C1/C(=C\c2ccc(OCc3cccc(F)c3)cc2)SC(=Nc2ccccc2)N1CCc1ccccc1. The summed E-state index contributed by atoms with van der Waals surface area (Å²) in [7, 11) is 0. The van der Waals surface area contributed by atoms with Crippen LogP contribution in [-0.4, -0.2) is 22.5 Å². The van der Waals surface area contributed by atoms with Crippen LogP contribution >= 0.6 is 11.8 Å². The topological polar surface area (TPSA) is 41.9 Å². The van der Waals surface area contributed by atoms with Gasteiger partial charge in [0.05, 0.1) is 10.6 Å². The Hall–Kier alpha value is -4.16. The van der Waals surface area contributed by atoms with Gasteiger partial charge in [-0.3, -0.25) is 9.69 Å². The highest BCUT2D eigenvalue weighted by atomic mass is 32.2. The summed E-state index contributed by atoms with van der Waals surface area (Å²) in [4.78, 5) is 20.5. The minimum atomic E-state index is -0.283. The molecule has 4 nitrogen and oxygen atoms in total. The number of ether oxygens (including phenoxy) is 1. The fraction of sp³-hybridized carbons (Fsp3) is 0.0968. The van der Waals surface area contributed by atoms with E-state index in [0.717, 1.165) is 23.2 Å². The van der Waals surface area contributed by atoms with E-state index in [-0.39, 0.29) is 18.3 Å². The van der Waals surface area contributed by atoms with E-state index in [0.29, 0.717) is 22.4 Å². The Morgan fingerprint density at radius 2 is 1.54 bits per heavy atom. The highest BCUT2D eigenvalue weighted by Crippen LogP contribution is 2.34. The first-order chi connectivity index (χ1) is 18.1. The standard InChI is InChI=1S/C31H25FN2O2S/c32-26-11-7-10-25(20-26)22-36-28-16-14-24(15-17-28)21-29-30(35)34(19-18-23-8-3-1-4-9-23)31(37-29)33-27-12-5-2-6-13-27/h1-17,20-21H,18-19,22H2/b29-21+,33-31?. The molecule has 0 bridgehead atoms. The molecule has 0 aromatic heterocycles. The Labute approximate surface area is 220 Å². The number of para-hydroxylation sites is 1. The molecular weight excluding hydrogens is 483 g/mol. The molecule has 184 valence electrons. The van der Waals surface area contributed by atoms with Crippen molar-refractivity contribution in [3.8, 4) is 5.75 Å². The Balaban J connectivity index is 1.31. The maximum atomic E-state index is 13.4. The second kappa shape index (κ2) is 11.7. The summed E-state index contributed by atoms with van der Waals surface area (Å²) in [6.07, 6.45) is 2.62. The highest BCUT2D eigenvalue weighted by molar-refractivity contribution is 8.18. The molecule has 0 atom stereocenters. The number of aliphatic imine (C=N–C) groups is 1. The van der Waals surface area contributed by atoms with Crippen molar-refractivity contribution >= 4 is 34.6 Å². The number of hydrogen-bond acceptors (Lipinski definition) is 4. The summed E-state index contributed by atoms with van der Waals surface area (Å²) in [6.45, 7) is 0.827. The molecular formula is C31H25FN2O2S. The van der Waals surface area contributed by atoms with Gasteiger partial charge in [-0.15, -0.1) is 0 Å². The van der Waals surface area contributed by atoms with Crippen molar-refractivity contribution in [1.82, 2.24) is 4.90 Å². The van der Waals surface area contributed by atoms with E-state index in [1.54, 1.807) is 11.0 Å². The van der Waals surface area contributed by atoms with E-state index in [4.69, 9.17) is 9.73 Å². The van der Waals surface area contributed by atoms with Gasteiger partial charge >= 0.3 is 0 Å². The van der Waals surface area contributed by atoms with Gasteiger partial charge in [-0.05, 0) is 77.3 Å². The van der Waals surface area contributed by atoms with Gasteiger partial charge in [0.25, 0.3) is 5.91 Å². The lowest BCUT2D eigenvalue weighted by atomic mass is 10.1. The van der Waals surface area contributed by atoms with Crippen LogP contribution < -0.4 is 4.74 Å². The number of hydrogen-bond donors (Lipinski definition) is 0. The zero-order valence-corrected chi connectivity index (χ0v) is 20.9. The van der Waals surface area contributed by atoms with Gasteiger partial charge in [0.1, 0.15) is 18.2 Å². The molecule has 37 heavy (non-hydrogen) atoms. The lowest BCUT2D eigenvalue weighted by molar-refractivity contribution is -0.122. The van der Waals surface area contributed by atoms with Crippen LogP contribution in [0.2, 0.25) is 0 Å². The lowest BCUT2D eigenvalue weighted by Gasteiger charge is -2.15. The fourth-order valence-corrected chi connectivity index (χ4v) is 4.92. The van der Waals surface area contributed by atoms with E-state index < -0.39 is 0 Å². The number of thioether (sulfide) groups is 1. The number of carbonyl (C=O) groups is 1. The van der Waals surface area contributed by atoms with E-state index >= 15 is 0 Å². The summed E-state index contributed by atoms with van der Waals surface area (Å²) in [5, 5.41) is 0.674. The summed E-state index contributed by atoms with van der Waals surface area (Å²) >= 11 is 1.39. The number of nitrogens with zero attached hydrogens (tertiary/aromatic N) is 2. The van der Waals surface area contributed by atoms with Crippen LogP contribution in [0.5, 0.6) is 5.75 Å². The molecule has 1 aliphatic rings. The van der Waals surface area contributed by atoms with Crippen molar-refractivity contribution in [2.24, 2.45) is 4.99 Å². The number of carbonyl (C=O) groups excluding carboxylic acids is 1. The summed E-state index contributed by atoms with van der Waals surface area (Å²) < 4.78 is 19.2. The molecule has 1 aliphatic heterocycles. The molecule has 1 amide bonds. The van der Waals surface area contributed by atoms with Crippen LogP contribution in [0.15, 0.2) is 119 Å². The molecule has 1 saturated heterocycles. The second-order valence-corrected chi connectivity index (χ2v) is 9.53. The first kappa shape index (κ1) is 24.5. The van der Waals surface area contributed by atoms with Gasteiger partial charge in [-0.2, -0.15) is 0 Å². The summed E-state index contributed by atoms with van der Waals surface area (Å²) in [5.74, 6) is 0.337. The number of benzene rings is 4. The van der Waals surface area contributed by atoms with Gasteiger partial charge in [-0.25, -0.2) is 9.38 Å². The third kappa shape index (κ3) is 6.54. The molecule has 0 N–H and O–H groups in total. The molecule has 0 saturated carbocycles. The van der Waals surface area contributed by atoms with Gasteiger partial charge in [0.2, 0.25) is 0 Å². The second-order valence-electron chi connectivity index (χ2n) is 8.52. The first-order valence-corrected chi connectivity index (χ1v) is 12.8. The van der Waals surface area contributed by atoms with Crippen LogP contribution in [-0.2, 0) is 17.8 Å². The lowest BCUT2D eigenvalue weighted by Crippen LogP contribution is -2.31. The third-order valence-electron chi connectivity index (χ3n) is 5.81. The minimum Gasteiger partial charge on any atom is -0.489 e. The largest absolute Gasteiger partial charge is 0.489 e. The van der Waals surface area contributed by atoms with E-state index in [2.05, 4.69) is 12.1 Å². The monoisotopic (exact) mass is 508 g/mol. The van der Waals surface area contributed by atoms with Crippen LogP contribution in [0, 0.1) is 5.82 Å². The van der Waals surface area contributed by atoms with Crippen molar-refractivity contribution in [2.75, 3.05) is 6.54 Å². The maximum Gasteiger partial charge on any atom is 0.266 e. The molecule has 0 unspecified atom stereocenters. The number of amidine groups is 1. The van der Waals surface area contributed by atoms with Crippen LogP contribution in [0.3, 0.4) is 0 Å². The molecule has 1 fully saturated rings. The predicted octanol–water partition coefficient (Wildman–Crippen LogP) is 7.25. The Morgan fingerprint density at radius 3 is 2.27 bits per heavy atom. The van der Waals surface area contributed by atoms with E-state index in [1.807, 2.05) is 84.9 Å². The maximum absolute atomic E-state index is 13.4. The van der Waals surface area contributed by atoms with Crippen LogP contribution in [0.1, 0.15) is 16.7 Å². The summed E-state index contributed by atoms with van der Waals surface area (Å²) in [6, 6.07) is 33.7. The molecule has 6 heteroatoms. The molecule has 1 heterocycles. The zero-order valence-electron chi connectivity index (χ0n) is 20.1. The van der Waals surface area contributed by atoms with Gasteiger partial charge in [0, 0.05) is 6.54 Å².